The van der Waals surface area contributed by atoms with Gasteiger partial charge >= 0.3 is 6.03 Å². The summed E-state index contributed by atoms with van der Waals surface area (Å²) in [6.07, 6.45) is 0.295. The number of amides is 4. The maximum atomic E-state index is 12.8. The van der Waals surface area contributed by atoms with Crippen LogP contribution in [0.1, 0.15) is 18.0 Å². The summed E-state index contributed by atoms with van der Waals surface area (Å²) in [5.74, 6) is -2.39. The van der Waals surface area contributed by atoms with Crippen molar-refractivity contribution in [3.8, 4) is 0 Å². The van der Waals surface area contributed by atoms with E-state index in [4.69, 9.17) is 34.8 Å². The van der Waals surface area contributed by atoms with E-state index in [-0.39, 0.29) is 6.04 Å². The molecule has 2 aliphatic rings. The van der Waals surface area contributed by atoms with Crippen LogP contribution in [-0.4, -0.2) is 47.5 Å². The Morgan fingerprint density at radius 3 is 1.94 bits per heavy atom. The number of carbonyl (C=O) groups excluding carboxylic acids is 3. The molecule has 1 unspecified atom stereocenters. The predicted molar refractivity (Wildman–Crippen MR) is 120 cm³/mol. The van der Waals surface area contributed by atoms with E-state index in [2.05, 4.69) is 5.10 Å². The maximum Gasteiger partial charge on any atom is 0.332 e. The highest BCUT2D eigenvalue weighted by atomic mass is 35.5. The van der Waals surface area contributed by atoms with Crippen LogP contribution in [0.3, 0.4) is 0 Å². The highest BCUT2D eigenvalue weighted by molar-refractivity contribution is 6.35. The zero-order valence-corrected chi connectivity index (χ0v) is 18.8. The minimum absolute atomic E-state index is 0.295. The fourth-order valence-corrected chi connectivity index (χ4v) is 4.39. The zero-order chi connectivity index (χ0) is 22.4. The van der Waals surface area contributed by atoms with Crippen LogP contribution in [0.25, 0.3) is 0 Å². The number of halogens is 3. The number of barbiturate groups is 1. The first-order chi connectivity index (χ1) is 14.7. The van der Waals surface area contributed by atoms with Gasteiger partial charge in [0, 0.05) is 35.6 Å². The first kappa shape index (κ1) is 21.6. The SMILES string of the molecule is CN1C(=O)C(C2=NN(c3cc(Cl)cc(Cl)c3)C(c3ccc(Cl)cc3)C2)C(=O)N(C)C1=O. The molecule has 1 saturated heterocycles. The number of anilines is 1. The van der Waals surface area contributed by atoms with Gasteiger partial charge in [0.2, 0.25) is 11.8 Å². The van der Waals surface area contributed by atoms with Crippen molar-refractivity contribution < 1.29 is 14.4 Å². The Kier molecular flexibility index (Phi) is 5.68. The number of hydrogen-bond donors (Lipinski definition) is 0. The van der Waals surface area contributed by atoms with E-state index in [1.165, 1.54) is 14.1 Å². The van der Waals surface area contributed by atoms with Gasteiger partial charge in [-0.15, -0.1) is 0 Å². The Morgan fingerprint density at radius 2 is 1.39 bits per heavy atom. The summed E-state index contributed by atoms with van der Waals surface area (Å²) in [7, 11) is 2.70. The van der Waals surface area contributed by atoms with Crippen LogP contribution in [0.2, 0.25) is 15.1 Å². The van der Waals surface area contributed by atoms with Gasteiger partial charge in [0.1, 0.15) is 0 Å². The fraction of sp³-hybridized carbons (Fsp3) is 0.238. The second kappa shape index (κ2) is 8.15. The Bertz CT molecular complexity index is 1080. The quantitative estimate of drug-likeness (QED) is 0.602. The van der Waals surface area contributed by atoms with Crippen LogP contribution in [-0.2, 0) is 9.59 Å². The van der Waals surface area contributed by atoms with Gasteiger partial charge in [-0.2, -0.15) is 5.10 Å². The third-order valence-electron chi connectivity index (χ3n) is 5.36. The van der Waals surface area contributed by atoms with Gasteiger partial charge in [-0.3, -0.25) is 24.4 Å². The summed E-state index contributed by atoms with van der Waals surface area (Å²) in [5.41, 5.74) is 1.85. The fourth-order valence-electron chi connectivity index (χ4n) is 3.75. The summed E-state index contributed by atoms with van der Waals surface area (Å²) >= 11 is 18.4. The third kappa shape index (κ3) is 3.89. The number of hydrogen-bond acceptors (Lipinski definition) is 5. The molecule has 0 bridgehead atoms. The Morgan fingerprint density at radius 1 is 0.839 bits per heavy atom. The molecule has 31 heavy (non-hydrogen) atoms. The number of urea groups is 1. The van der Waals surface area contributed by atoms with E-state index in [9.17, 15) is 14.4 Å². The van der Waals surface area contributed by atoms with Crippen LogP contribution < -0.4 is 5.01 Å². The summed E-state index contributed by atoms with van der Waals surface area (Å²) in [6.45, 7) is 0. The molecule has 0 radical (unpaired) electrons. The lowest BCUT2D eigenvalue weighted by Crippen LogP contribution is -2.58. The van der Waals surface area contributed by atoms with Crippen LogP contribution in [0, 0.1) is 5.92 Å². The van der Waals surface area contributed by atoms with Gasteiger partial charge in [-0.1, -0.05) is 46.9 Å². The van der Waals surface area contributed by atoms with Gasteiger partial charge in [0.15, 0.2) is 5.92 Å². The van der Waals surface area contributed by atoms with Gasteiger partial charge in [0.25, 0.3) is 0 Å². The molecule has 0 N–H and O–H groups in total. The normalized spacial score (nSPS) is 20.0. The lowest BCUT2D eigenvalue weighted by atomic mass is 9.92. The second-order valence-corrected chi connectivity index (χ2v) is 8.65. The molecule has 2 aromatic carbocycles. The molecule has 1 atom stereocenters. The van der Waals surface area contributed by atoms with E-state index >= 15 is 0 Å². The standard InChI is InChI=1S/C21H17Cl3N4O3/c1-26-19(29)18(20(30)27(2)21(26)31)16-10-17(11-3-5-12(22)6-4-11)28(25-16)15-8-13(23)7-14(24)9-15/h3-9,17-18H,10H2,1-2H3. The van der Waals surface area contributed by atoms with Gasteiger partial charge in [-0.25, -0.2) is 4.79 Å². The molecule has 160 valence electrons. The molecule has 4 rings (SSSR count). The lowest BCUT2D eigenvalue weighted by Gasteiger charge is -2.32. The summed E-state index contributed by atoms with van der Waals surface area (Å²) in [5, 5.41) is 7.76. The molecule has 0 aliphatic carbocycles. The van der Waals surface area contributed by atoms with E-state index in [0.717, 1.165) is 15.4 Å². The summed E-state index contributed by atoms with van der Waals surface area (Å²) < 4.78 is 0. The van der Waals surface area contributed by atoms with Crippen molar-refractivity contribution in [2.75, 3.05) is 19.1 Å². The van der Waals surface area contributed by atoms with Crippen LogP contribution >= 0.6 is 34.8 Å². The van der Waals surface area contributed by atoms with Crippen molar-refractivity contribution in [3.05, 3.63) is 63.1 Å². The minimum atomic E-state index is -1.18. The molecule has 4 amide bonds. The number of rotatable bonds is 3. The Balaban J connectivity index is 1.79. The molecule has 0 aromatic heterocycles. The molecule has 0 saturated carbocycles. The predicted octanol–water partition coefficient (Wildman–Crippen LogP) is 4.62. The topological polar surface area (TPSA) is 73.3 Å². The van der Waals surface area contributed by atoms with Crippen molar-refractivity contribution in [1.82, 2.24) is 9.80 Å². The van der Waals surface area contributed by atoms with Crippen molar-refractivity contribution >= 4 is 64.0 Å². The van der Waals surface area contributed by atoms with E-state index in [0.29, 0.717) is 32.9 Å². The minimum Gasteiger partial charge on any atom is -0.273 e. The summed E-state index contributed by atoms with van der Waals surface area (Å²) in [6, 6.07) is 11.3. The summed E-state index contributed by atoms with van der Waals surface area (Å²) in [4.78, 5) is 39.6. The van der Waals surface area contributed by atoms with Crippen molar-refractivity contribution in [3.63, 3.8) is 0 Å². The van der Waals surface area contributed by atoms with Crippen LogP contribution in [0.5, 0.6) is 0 Å². The first-order valence-corrected chi connectivity index (χ1v) is 10.5. The Labute approximate surface area is 193 Å². The number of carbonyl (C=O) groups is 3. The zero-order valence-electron chi connectivity index (χ0n) is 16.6. The molecule has 2 aliphatic heterocycles. The van der Waals surface area contributed by atoms with Gasteiger partial charge in [-0.05, 0) is 35.9 Å². The lowest BCUT2D eigenvalue weighted by molar-refractivity contribution is -0.144. The average Bonchev–Trinajstić information content (AvgIpc) is 3.16. The average molecular weight is 480 g/mol. The highest BCUT2D eigenvalue weighted by Crippen LogP contribution is 2.40. The molecule has 1 fully saturated rings. The number of benzene rings is 2. The van der Waals surface area contributed by atoms with Gasteiger partial charge in [0.05, 0.1) is 17.4 Å². The molecule has 0 spiro atoms. The number of hydrazone groups is 1. The van der Waals surface area contributed by atoms with Gasteiger partial charge < -0.3 is 0 Å². The maximum absolute atomic E-state index is 12.8. The molecular weight excluding hydrogens is 463 g/mol. The van der Waals surface area contributed by atoms with Crippen molar-refractivity contribution in [2.45, 2.75) is 12.5 Å². The van der Waals surface area contributed by atoms with Crippen molar-refractivity contribution in [2.24, 2.45) is 11.0 Å². The molecule has 2 aromatic rings. The van der Waals surface area contributed by atoms with Crippen molar-refractivity contribution in [1.29, 1.82) is 0 Å². The first-order valence-electron chi connectivity index (χ1n) is 9.34. The molecule has 7 nitrogen and oxygen atoms in total. The van der Waals surface area contributed by atoms with E-state index in [1.807, 2.05) is 12.1 Å². The second-order valence-electron chi connectivity index (χ2n) is 7.35. The molecule has 2 heterocycles. The Hall–Kier alpha value is -2.61. The van der Waals surface area contributed by atoms with Crippen LogP contribution in [0.4, 0.5) is 10.5 Å². The van der Waals surface area contributed by atoms with Crippen LogP contribution in [0.15, 0.2) is 47.6 Å². The van der Waals surface area contributed by atoms with E-state index < -0.39 is 23.8 Å². The largest absolute Gasteiger partial charge is 0.332 e. The monoisotopic (exact) mass is 478 g/mol. The van der Waals surface area contributed by atoms with E-state index in [1.54, 1.807) is 35.3 Å². The smallest absolute Gasteiger partial charge is 0.273 e. The number of imide groups is 2. The third-order valence-corrected chi connectivity index (χ3v) is 6.05. The molecular formula is C21H17Cl3N4O3. The number of nitrogens with zero attached hydrogens (tertiary/aromatic N) is 4. The highest BCUT2D eigenvalue weighted by Gasteiger charge is 2.48. The molecule has 10 heteroatoms.